The molecule has 5 heteroatoms. The van der Waals surface area contributed by atoms with Gasteiger partial charge in [0.25, 0.3) is 0 Å². The summed E-state index contributed by atoms with van der Waals surface area (Å²) in [5.74, 6) is 0.520. The van der Waals surface area contributed by atoms with Crippen molar-refractivity contribution in [3.63, 3.8) is 0 Å². The van der Waals surface area contributed by atoms with Crippen molar-refractivity contribution in [3.05, 3.63) is 61.5 Å². The Morgan fingerprint density at radius 2 is 1.86 bits per heavy atom. The highest BCUT2D eigenvalue weighted by molar-refractivity contribution is 9.10. The summed E-state index contributed by atoms with van der Waals surface area (Å²) in [5, 5.41) is 11.5. The van der Waals surface area contributed by atoms with Crippen LogP contribution in [0, 0.1) is 6.92 Å². The maximum atomic E-state index is 10.6. The van der Waals surface area contributed by atoms with Gasteiger partial charge in [-0.1, -0.05) is 45.2 Å². The van der Waals surface area contributed by atoms with E-state index in [4.69, 9.17) is 27.9 Å². The third kappa shape index (κ3) is 3.72. The molecule has 0 saturated carbocycles. The molecule has 2 rings (SSSR count). The number of halogens is 3. The van der Waals surface area contributed by atoms with E-state index in [-0.39, 0.29) is 0 Å². The number of benzene rings is 2. The molecule has 0 aliphatic carbocycles. The van der Waals surface area contributed by atoms with Crippen molar-refractivity contribution in [2.75, 3.05) is 6.61 Å². The number of aliphatic hydroxyl groups excluding tert-OH is 1. The lowest BCUT2D eigenvalue weighted by Gasteiger charge is -2.17. The lowest BCUT2D eigenvalue weighted by molar-refractivity contribution is 0.219. The molecule has 1 atom stereocenters. The molecule has 2 aromatic carbocycles. The van der Waals surface area contributed by atoms with Gasteiger partial charge in [0.1, 0.15) is 11.9 Å². The molecule has 0 aromatic heterocycles. The van der Waals surface area contributed by atoms with Crippen molar-refractivity contribution >= 4 is 39.1 Å². The molecule has 0 aliphatic rings. The summed E-state index contributed by atoms with van der Waals surface area (Å²) in [5.41, 5.74) is 2.32. The average molecular weight is 390 g/mol. The molecule has 0 aliphatic heterocycles. The van der Waals surface area contributed by atoms with Gasteiger partial charge in [-0.05, 0) is 43.2 Å². The first kappa shape index (κ1) is 16.6. The summed E-state index contributed by atoms with van der Waals surface area (Å²) in [6, 6.07) is 9.03. The predicted molar refractivity (Wildman–Crippen MR) is 90.6 cm³/mol. The molecule has 1 N–H and O–H groups in total. The number of ether oxygens (including phenoxy) is 1. The fourth-order valence-electron chi connectivity index (χ4n) is 2.09. The van der Waals surface area contributed by atoms with E-state index in [0.717, 1.165) is 15.6 Å². The smallest absolute Gasteiger partial charge is 0.139 e. The van der Waals surface area contributed by atoms with Gasteiger partial charge >= 0.3 is 0 Å². The number of hydrogen-bond acceptors (Lipinski definition) is 2. The molecule has 2 aromatic rings. The van der Waals surface area contributed by atoms with Gasteiger partial charge in [0.15, 0.2) is 0 Å². The molecular weight excluding hydrogens is 375 g/mol. The molecule has 0 heterocycles. The van der Waals surface area contributed by atoms with Crippen molar-refractivity contribution in [1.29, 1.82) is 0 Å². The summed E-state index contributed by atoms with van der Waals surface area (Å²) >= 11 is 15.9. The summed E-state index contributed by atoms with van der Waals surface area (Å²) in [6.45, 7) is 4.32. The Kier molecular flexibility index (Phi) is 5.55. The van der Waals surface area contributed by atoms with Crippen LogP contribution in [0.4, 0.5) is 0 Å². The van der Waals surface area contributed by atoms with Gasteiger partial charge < -0.3 is 9.84 Å². The van der Waals surface area contributed by atoms with Gasteiger partial charge in [-0.2, -0.15) is 0 Å². The fraction of sp³-hybridized carbons (Fsp3) is 0.250. The normalized spacial score (nSPS) is 12.3. The highest BCUT2D eigenvalue weighted by atomic mass is 79.9. The van der Waals surface area contributed by atoms with Gasteiger partial charge in [0, 0.05) is 16.1 Å². The Morgan fingerprint density at radius 1 is 1.14 bits per heavy atom. The molecular formula is C16H15BrCl2O2. The van der Waals surface area contributed by atoms with E-state index in [1.54, 1.807) is 12.1 Å². The third-order valence-electron chi connectivity index (χ3n) is 3.18. The second-order valence-electron chi connectivity index (χ2n) is 4.64. The first-order valence-corrected chi connectivity index (χ1v) is 8.04. The standard InChI is InChI=1S/C16H15BrCl2O2/c1-3-21-15-8-13(18)12(7-14(15)19)16(20)11-6-10(17)5-4-9(11)2/h4-8,16,20H,3H2,1-2H3. The largest absolute Gasteiger partial charge is 0.492 e. The summed E-state index contributed by atoms with van der Waals surface area (Å²) < 4.78 is 6.29. The quantitative estimate of drug-likeness (QED) is 0.743. The fourth-order valence-corrected chi connectivity index (χ4v) is 2.96. The first-order chi connectivity index (χ1) is 9.93. The van der Waals surface area contributed by atoms with Crippen LogP contribution in [0.15, 0.2) is 34.8 Å². The third-order valence-corrected chi connectivity index (χ3v) is 4.30. The lowest BCUT2D eigenvalue weighted by Crippen LogP contribution is -2.04. The van der Waals surface area contributed by atoms with Crippen molar-refractivity contribution in [2.45, 2.75) is 20.0 Å². The topological polar surface area (TPSA) is 29.5 Å². The van der Waals surface area contributed by atoms with Gasteiger partial charge in [0.2, 0.25) is 0 Å². The summed E-state index contributed by atoms with van der Waals surface area (Å²) in [7, 11) is 0. The van der Waals surface area contributed by atoms with Crippen LogP contribution < -0.4 is 4.74 Å². The van der Waals surface area contributed by atoms with E-state index in [1.165, 1.54) is 0 Å². The second-order valence-corrected chi connectivity index (χ2v) is 6.37. The zero-order valence-corrected chi connectivity index (χ0v) is 14.8. The molecule has 0 amide bonds. The Balaban J connectivity index is 2.46. The maximum Gasteiger partial charge on any atom is 0.139 e. The highest BCUT2D eigenvalue weighted by Crippen LogP contribution is 2.37. The Hall–Kier alpha value is -0.740. The molecule has 112 valence electrons. The predicted octanol–water partition coefficient (Wildman–Crippen LogP) is 5.54. The van der Waals surface area contributed by atoms with Crippen LogP contribution in [0.25, 0.3) is 0 Å². The van der Waals surface area contributed by atoms with Crippen LogP contribution in [-0.4, -0.2) is 11.7 Å². The number of aliphatic hydroxyl groups is 1. The van der Waals surface area contributed by atoms with Gasteiger partial charge in [0.05, 0.1) is 16.7 Å². The molecule has 2 nitrogen and oxygen atoms in total. The van der Waals surface area contributed by atoms with Crippen molar-refractivity contribution in [1.82, 2.24) is 0 Å². The number of rotatable bonds is 4. The minimum absolute atomic E-state index is 0.426. The van der Waals surface area contributed by atoms with Crippen LogP contribution in [-0.2, 0) is 0 Å². The van der Waals surface area contributed by atoms with Crippen LogP contribution >= 0.6 is 39.1 Å². The zero-order chi connectivity index (χ0) is 15.6. The van der Waals surface area contributed by atoms with E-state index in [9.17, 15) is 5.11 Å². The molecule has 1 unspecified atom stereocenters. The van der Waals surface area contributed by atoms with Crippen LogP contribution in [0.1, 0.15) is 29.7 Å². The minimum atomic E-state index is -0.844. The van der Waals surface area contributed by atoms with E-state index in [0.29, 0.717) is 28.0 Å². The van der Waals surface area contributed by atoms with E-state index < -0.39 is 6.10 Å². The monoisotopic (exact) mass is 388 g/mol. The van der Waals surface area contributed by atoms with Crippen molar-refractivity contribution in [2.24, 2.45) is 0 Å². The number of aryl methyl sites for hydroxylation is 1. The van der Waals surface area contributed by atoms with Crippen LogP contribution in [0.5, 0.6) is 5.75 Å². The zero-order valence-electron chi connectivity index (χ0n) is 11.7. The molecule has 0 bridgehead atoms. The molecule has 0 radical (unpaired) electrons. The van der Waals surface area contributed by atoms with E-state index in [2.05, 4.69) is 15.9 Å². The van der Waals surface area contributed by atoms with Crippen LogP contribution in [0.3, 0.4) is 0 Å². The highest BCUT2D eigenvalue weighted by Gasteiger charge is 2.19. The number of hydrogen-bond donors (Lipinski definition) is 1. The van der Waals surface area contributed by atoms with E-state index in [1.807, 2.05) is 32.0 Å². The molecule has 0 fully saturated rings. The van der Waals surface area contributed by atoms with E-state index >= 15 is 0 Å². The summed E-state index contributed by atoms with van der Waals surface area (Å²) in [4.78, 5) is 0. The summed E-state index contributed by atoms with van der Waals surface area (Å²) in [6.07, 6.45) is -0.844. The Morgan fingerprint density at radius 3 is 2.52 bits per heavy atom. The Labute approximate surface area is 142 Å². The maximum absolute atomic E-state index is 10.6. The molecule has 0 spiro atoms. The Bertz CT molecular complexity index is 659. The average Bonchev–Trinajstić information content (AvgIpc) is 2.44. The minimum Gasteiger partial charge on any atom is -0.492 e. The van der Waals surface area contributed by atoms with Gasteiger partial charge in [-0.25, -0.2) is 0 Å². The van der Waals surface area contributed by atoms with Gasteiger partial charge in [-0.15, -0.1) is 0 Å². The lowest BCUT2D eigenvalue weighted by atomic mass is 9.97. The second kappa shape index (κ2) is 7.01. The molecule has 0 saturated heterocycles. The van der Waals surface area contributed by atoms with Crippen molar-refractivity contribution in [3.8, 4) is 5.75 Å². The van der Waals surface area contributed by atoms with Crippen LogP contribution in [0.2, 0.25) is 10.0 Å². The molecule has 21 heavy (non-hydrogen) atoms. The SMILES string of the molecule is CCOc1cc(Cl)c(C(O)c2cc(Br)ccc2C)cc1Cl. The van der Waals surface area contributed by atoms with Gasteiger partial charge in [-0.3, -0.25) is 0 Å². The first-order valence-electron chi connectivity index (χ1n) is 6.50. The van der Waals surface area contributed by atoms with Crippen molar-refractivity contribution < 1.29 is 9.84 Å².